The van der Waals surface area contributed by atoms with Crippen molar-refractivity contribution in [2.24, 2.45) is 5.92 Å². The van der Waals surface area contributed by atoms with E-state index < -0.39 is 11.6 Å². The van der Waals surface area contributed by atoms with E-state index in [0.29, 0.717) is 32.1 Å². The van der Waals surface area contributed by atoms with Crippen LogP contribution in [-0.4, -0.2) is 30.5 Å². The van der Waals surface area contributed by atoms with Gasteiger partial charge in [0.2, 0.25) is 5.91 Å². The number of methoxy groups -OCH3 is 1. The average molecular weight is 407 g/mol. The van der Waals surface area contributed by atoms with Gasteiger partial charge in [-0.25, -0.2) is 4.79 Å². The third kappa shape index (κ3) is 4.01. The number of hydrogen-bond donors (Lipinski definition) is 3. The molecule has 1 aliphatic carbocycles. The maximum Gasteiger partial charge on any atom is 0.322 e. The van der Waals surface area contributed by atoms with Crippen LogP contribution in [0, 0.1) is 5.92 Å². The lowest BCUT2D eigenvalue weighted by Gasteiger charge is -2.33. The zero-order valence-corrected chi connectivity index (χ0v) is 16.9. The normalized spacial score (nSPS) is 23.0. The van der Waals surface area contributed by atoms with Crippen LogP contribution >= 0.6 is 0 Å². The van der Waals surface area contributed by atoms with Crippen molar-refractivity contribution in [1.29, 1.82) is 0 Å². The minimum atomic E-state index is -0.850. The minimum absolute atomic E-state index is 0.0644. The number of carbonyl (C=O) groups is 3. The second kappa shape index (κ2) is 8.18. The van der Waals surface area contributed by atoms with Crippen molar-refractivity contribution in [3.05, 3.63) is 59.7 Å². The summed E-state index contributed by atoms with van der Waals surface area (Å²) in [5, 5.41) is 8.03. The van der Waals surface area contributed by atoms with Gasteiger partial charge in [-0.2, -0.15) is 0 Å². The lowest BCUT2D eigenvalue weighted by atomic mass is 9.76. The van der Waals surface area contributed by atoms with Crippen molar-refractivity contribution >= 4 is 23.5 Å². The van der Waals surface area contributed by atoms with Crippen molar-refractivity contribution in [2.45, 2.75) is 37.6 Å². The number of carbonyl (C=O) groups excluding carboxylic acids is 3. The first-order valence-corrected chi connectivity index (χ1v) is 10.1. The van der Waals surface area contributed by atoms with Crippen LogP contribution in [0.2, 0.25) is 0 Å². The number of rotatable bonds is 5. The molecular formula is C23H25N3O4. The van der Waals surface area contributed by atoms with Crippen molar-refractivity contribution in [3.8, 4) is 5.75 Å². The number of urea groups is 1. The first-order chi connectivity index (χ1) is 14.5. The summed E-state index contributed by atoms with van der Waals surface area (Å²) in [5.74, 6) is 0.234. The Balaban J connectivity index is 1.42. The first kappa shape index (κ1) is 19.9. The van der Waals surface area contributed by atoms with Crippen molar-refractivity contribution < 1.29 is 19.1 Å². The number of ether oxygens (including phenoxy) is 1. The Morgan fingerprint density at radius 2 is 1.87 bits per heavy atom. The summed E-state index contributed by atoms with van der Waals surface area (Å²) in [6, 6.07) is 15.3. The molecule has 4 rings (SSSR count). The SMILES string of the molecule is COc1ccc(NC(=O)C2CCC3(CC2)NC(=O)NC3=O)cc1Cc1ccccc1. The van der Waals surface area contributed by atoms with Gasteiger partial charge in [0.1, 0.15) is 11.3 Å². The Morgan fingerprint density at radius 3 is 2.50 bits per heavy atom. The third-order valence-corrected chi connectivity index (χ3v) is 6.01. The highest BCUT2D eigenvalue weighted by Gasteiger charge is 2.48. The summed E-state index contributed by atoms with van der Waals surface area (Å²) in [6.45, 7) is 0. The molecular weight excluding hydrogens is 382 g/mol. The Hall–Kier alpha value is -3.35. The van der Waals surface area contributed by atoms with Gasteiger partial charge in [-0.3, -0.25) is 14.9 Å². The Bertz CT molecular complexity index is 966. The van der Waals surface area contributed by atoms with Gasteiger partial charge in [0.25, 0.3) is 5.91 Å². The van der Waals surface area contributed by atoms with Crippen LogP contribution in [-0.2, 0) is 16.0 Å². The molecule has 1 saturated carbocycles. The Kier molecular flexibility index (Phi) is 5.44. The molecule has 1 saturated heterocycles. The maximum absolute atomic E-state index is 12.8. The summed E-state index contributed by atoms with van der Waals surface area (Å²) in [5.41, 5.74) is 2.03. The van der Waals surface area contributed by atoms with Crippen molar-refractivity contribution in [3.63, 3.8) is 0 Å². The van der Waals surface area contributed by atoms with Gasteiger partial charge in [-0.15, -0.1) is 0 Å². The topological polar surface area (TPSA) is 96.5 Å². The fourth-order valence-corrected chi connectivity index (χ4v) is 4.31. The van der Waals surface area contributed by atoms with E-state index in [9.17, 15) is 14.4 Å². The summed E-state index contributed by atoms with van der Waals surface area (Å²) in [7, 11) is 1.64. The van der Waals surface area contributed by atoms with E-state index in [1.165, 1.54) is 0 Å². The second-order valence-electron chi connectivity index (χ2n) is 7.94. The quantitative estimate of drug-likeness (QED) is 0.664. The molecule has 1 aliphatic heterocycles. The molecule has 0 unspecified atom stereocenters. The molecule has 7 nitrogen and oxygen atoms in total. The van der Waals surface area contributed by atoms with Gasteiger partial charge in [-0.05, 0) is 49.4 Å². The minimum Gasteiger partial charge on any atom is -0.496 e. The van der Waals surface area contributed by atoms with Gasteiger partial charge >= 0.3 is 6.03 Å². The average Bonchev–Trinajstić information content (AvgIpc) is 3.02. The summed E-state index contributed by atoms with van der Waals surface area (Å²) >= 11 is 0. The van der Waals surface area contributed by atoms with E-state index in [4.69, 9.17) is 4.74 Å². The first-order valence-electron chi connectivity index (χ1n) is 10.1. The van der Waals surface area contributed by atoms with Crippen LogP contribution in [0.25, 0.3) is 0 Å². The highest BCUT2D eigenvalue weighted by atomic mass is 16.5. The molecule has 2 aromatic rings. The summed E-state index contributed by atoms with van der Waals surface area (Å²) < 4.78 is 5.48. The molecule has 3 N–H and O–H groups in total. The number of imide groups is 1. The fourth-order valence-electron chi connectivity index (χ4n) is 4.31. The zero-order chi connectivity index (χ0) is 21.1. The summed E-state index contributed by atoms with van der Waals surface area (Å²) in [4.78, 5) is 36.3. The molecule has 2 aromatic carbocycles. The monoisotopic (exact) mass is 407 g/mol. The van der Waals surface area contributed by atoms with Crippen LogP contribution in [0.4, 0.5) is 10.5 Å². The van der Waals surface area contributed by atoms with Crippen molar-refractivity contribution in [2.75, 3.05) is 12.4 Å². The molecule has 1 heterocycles. The van der Waals surface area contributed by atoms with Crippen LogP contribution in [0.5, 0.6) is 5.75 Å². The Labute approximate surface area is 175 Å². The number of hydrogen-bond acceptors (Lipinski definition) is 4. The predicted molar refractivity (Wildman–Crippen MR) is 112 cm³/mol. The Morgan fingerprint density at radius 1 is 1.13 bits per heavy atom. The summed E-state index contributed by atoms with van der Waals surface area (Å²) in [6.07, 6.45) is 2.72. The highest BCUT2D eigenvalue weighted by Crippen LogP contribution is 2.35. The third-order valence-electron chi connectivity index (χ3n) is 6.01. The predicted octanol–water partition coefficient (Wildman–Crippen LogP) is 2.99. The molecule has 0 radical (unpaired) electrons. The highest BCUT2D eigenvalue weighted by molar-refractivity contribution is 6.07. The van der Waals surface area contributed by atoms with Gasteiger partial charge in [0.15, 0.2) is 0 Å². The van der Waals surface area contributed by atoms with Crippen molar-refractivity contribution in [1.82, 2.24) is 10.6 Å². The molecule has 2 fully saturated rings. The molecule has 0 atom stereocenters. The van der Waals surface area contributed by atoms with Crippen LogP contribution in [0.1, 0.15) is 36.8 Å². The van der Waals surface area contributed by atoms with Gasteiger partial charge < -0.3 is 15.4 Å². The van der Waals surface area contributed by atoms with E-state index in [-0.39, 0.29) is 17.7 Å². The smallest absolute Gasteiger partial charge is 0.322 e. The molecule has 7 heteroatoms. The maximum atomic E-state index is 12.8. The standard InChI is InChI=1S/C23H25N3O4/c1-30-19-8-7-18(14-17(19)13-15-5-3-2-4-6-15)24-20(27)16-9-11-23(12-10-16)21(28)25-22(29)26-23/h2-8,14,16H,9-13H2,1H3,(H,24,27)(H2,25,26,28,29). The van der Waals surface area contributed by atoms with Crippen LogP contribution < -0.4 is 20.7 Å². The van der Waals surface area contributed by atoms with E-state index >= 15 is 0 Å². The fraction of sp³-hybridized carbons (Fsp3) is 0.348. The molecule has 0 aromatic heterocycles. The van der Waals surface area contributed by atoms with E-state index in [2.05, 4.69) is 28.1 Å². The van der Waals surface area contributed by atoms with E-state index in [0.717, 1.165) is 22.6 Å². The lowest BCUT2D eigenvalue weighted by Crippen LogP contribution is -2.50. The van der Waals surface area contributed by atoms with Crippen LogP contribution in [0.3, 0.4) is 0 Å². The largest absolute Gasteiger partial charge is 0.496 e. The number of anilines is 1. The molecule has 0 bridgehead atoms. The van der Waals surface area contributed by atoms with E-state index in [1.807, 2.05) is 36.4 Å². The number of nitrogens with one attached hydrogen (secondary N) is 3. The van der Waals surface area contributed by atoms with Gasteiger partial charge in [-0.1, -0.05) is 30.3 Å². The molecule has 30 heavy (non-hydrogen) atoms. The van der Waals surface area contributed by atoms with E-state index in [1.54, 1.807) is 7.11 Å². The number of benzene rings is 2. The zero-order valence-electron chi connectivity index (χ0n) is 16.9. The molecule has 4 amide bonds. The number of amides is 4. The van der Waals surface area contributed by atoms with Gasteiger partial charge in [0.05, 0.1) is 7.11 Å². The molecule has 156 valence electrons. The lowest BCUT2D eigenvalue weighted by molar-refractivity contribution is -0.128. The molecule has 1 spiro atoms. The van der Waals surface area contributed by atoms with Gasteiger partial charge in [0, 0.05) is 23.6 Å². The second-order valence-corrected chi connectivity index (χ2v) is 7.94. The molecule has 2 aliphatic rings. The van der Waals surface area contributed by atoms with Crippen LogP contribution in [0.15, 0.2) is 48.5 Å².